The zero-order valence-electron chi connectivity index (χ0n) is 14.0. The molecule has 0 aliphatic heterocycles. The number of nitrogens with zero attached hydrogens (tertiary/aromatic N) is 3. The molecule has 0 saturated heterocycles. The van der Waals surface area contributed by atoms with E-state index in [0.717, 1.165) is 10.9 Å². The lowest BCUT2D eigenvalue weighted by molar-refractivity contribution is -0.384. The van der Waals surface area contributed by atoms with Crippen LogP contribution in [0.2, 0.25) is 0 Å². The van der Waals surface area contributed by atoms with E-state index in [2.05, 4.69) is 4.99 Å². The van der Waals surface area contributed by atoms with Gasteiger partial charge in [0.2, 0.25) is 0 Å². The minimum atomic E-state index is -0.485. The van der Waals surface area contributed by atoms with Gasteiger partial charge < -0.3 is 4.57 Å². The van der Waals surface area contributed by atoms with E-state index >= 15 is 0 Å². The molecule has 0 aliphatic carbocycles. The van der Waals surface area contributed by atoms with Crippen LogP contribution in [0.4, 0.5) is 5.69 Å². The minimum Gasteiger partial charge on any atom is -0.346 e. The first-order valence-corrected chi connectivity index (χ1v) is 8.10. The summed E-state index contributed by atoms with van der Waals surface area (Å²) in [6.45, 7) is 0.767. The summed E-state index contributed by atoms with van der Waals surface area (Å²) in [4.78, 5) is 27.0. The molecule has 3 aromatic rings. The summed E-state index contributed by atoms with van der Waals surface area (Å²) in [6.07, 6.45) is 3.60. The standard InChI is InChI=1S/C20H17N3O3/c24-20(17-6-8-19(9-7-17)23(25)26)15-22-12-10-18(11-13-22)21-14-16-4-2-1-3-5-16/h1-13H,14-15H2. The molecule has 0 atom stereocenters. The van der Waals surface area contributed by atoms with Gasteiger partial charge in [-0.15, -0.1) is 0 Å². The van der Waals surface area contributed by atoms with Crippen molar-refractivity contribution < 1.29 is 9.72 Å². The van der Waals surface area contributed by atoms with Crippen molar-refractivity contribution in [1.82, 2.24) is 4.57 Å². The molecule has 0 spiro atoms. The third-order valence-corrected chi connectivity index (χ3v) is 3.89. The molecule has 0 fully saturated rings. The van der Waals surface area contributed by atoms with Gasteiger partial charge in [0.1, 0.15) is 0 Å². The van der Waals surface area contributed by atoms with Crippen molar-refractivity contribution in [2.45, 2.75) is 13.1 Å². The predicted molar refractivity (Wildman–Crippen MR) is 97.6 cm³/mol. The zero-order chi connectivity index (χ0) is 18.4. The first-order valence-electron chi connectivity index (χ1n) is 8.10. The van der Waals surface area contributed by atoms with E-state index in [1.165, 1.54) is 24.3 Å². The number of aromatic nitrogens is 1. The van der Waals surface area contributed by atoms with Crippen molar-refractivity contribution in [3.8, 4) is 0 Å². The third-order valence-electron chi connectivity index (χ3n) is 3.89. The van der Waals surface area contributed by atoms with Gasteiger partial charge in [-0.05, 0) is 29.8 Å². The second-order valence-electron chi connectivity index (χ2n) is 5.76. The summed E-state index contributed by atoms with van der Waals surface area (Å²) >= 11 is 0. The van der Waals surface area contributed by atoms with Crippen molar-refractivity contribution >= 4 is 11.5 Å². The lowest BCUT2D eigenvalue weighted by atomic mass is 10.1. The lowest BCUT2D eigenvalue weighted by Crippen LogP contribution is -2.12. The van der Waals surface area contributed by atoms with Gasteiger partial charge in [0, 0.05) is 30.1 Å². The van der Waals surface area contributed by atoms with Crippen molar-refractivity contribution in [2.75, 3.05) is 0 Å². The average molecular weight is 347 g/mol. The highest BCUT2D eigenvalue weighted by Gasteiger charge is 2.09. The molecule has 0 unspecified atom stereocenters. The Morgan fingerprint density at radius 2 is 1.62 bits per heavy atom. The Hall–Kier alpha value is -3.54. The molecule has 0 saturated carbocycles. The number of non-ortho nitro benzene ring substituents is 1. The van der Waals surface area contributed by atoms with Gasteiger partial charge in [0.25, 0.3) is 5.69 Å². The molecule has 3 rings (SSSR count). The van der Waals surface area contributed by atoms with Gasteiger partial charge in [-0.25, -0.2) is 0 Å². The summed E-state index contributed by atoms with van der Waals surface area (Å²) in [5, 5.41) is 11.5. The molecule has 26 heavy (non-hydrogen) atoms. The number of rotatable bonds is 6. The molecule has 6 heteroatoms. The number of ketones is 1. The molecular formula is C20H17N3O3. The molecule has 0 radical (unpaired) electrons. The fourth-order valence-corrected chi connectivity index (χ4v) is 2.45. The molecular weight excluding hydrogens is 330 g/mol. The van der Waals surface area contributed by atoms with Crippen molar-refractivity contribution in [2.24, 2.45) is 4.99 Å². The first kappa shape index (κ1) is 17.3. The maximum Gasteiger partial charge on any atom is 0.269 e. The van der Waals surface area contributed by atoms with E-state index in [-0.39, 0.29) is 18.0 Å². The molecule has 2 aromatic carbocycles. The Labute approximate surface area is 150 Å². The maximum atomic E-state index is 12.3. The van der Waals surface area contributed by atoms with Crippen LogP contribution in [0, 0.1) is 10.1 Å². The Morgan fingerprint density at radius 3 is 2.23 bits per heavy atom. The number of Topliss-reactive ketones (excluding diaryl/α,β-unsaturated/α-hetero) is 1. The number of carbonyl (C=O) groups is 1. The second kappa shape index (κ2) is 8.02. The topological polar surface area (TPSA) is 77.5 Å². The number of carbonyl (C=O) groups excluding carboxylic acids is 1. The average Bonchev–Trinajstić information content (AvgIpc) is 2.68. The third kappa shape index (κ3) is 4.51. The molecule has 6 nitrogen and oxygen atoms in total. The minimum absolute atomic E-state index is 0.0291. The van der Waals surface area contributed by atoms with Crippen LogP contribution in [0.15, 0.2) is 84.1 Å². The Morgan fingerprint density at radius 1 is 0.962 bits per heavy atom. The molecule has 0 amide bonds. The predicted octanol–water partition coefficient (Wildman–Crippen LogP) is 3.38. The van der Waals surface area contributed by atoms with Crippen LogP contribution < -0.4 is 5.36 Å². The summed E-state index contributed by atoms with van der Waals surface area (Å²) < 4.78 is 1.76. The van der Waals surface area contributed by atoms with Gasteiger partial charge in [-0.2, -0.15) is 0 Å². The van der Waals surface area contributed by atoms with Crippen molar-refractivity contribution in [3.05, 3.63) is 106 Å². The zero-order valence-corrected chi connectivity index (χ0v) is 14.0. The van der Waals surface area contributed by atoms with E-state index < -0.39 is 4.92 Å². The van der Waals surface area contributed by atoms with Crippen LogP contribution in [-0.2, 0) is 13.1 Å². The number of benzene rings is 2. The number of pyridine rings is 1. The monoisotopic (exact) mass is 347 g/mol. The van der Waals surface area contributed by atoms with Crippen LogP contribution in [0.5, 0.6) is 0 Å². The van der Waals surface area contributed by atoms with Gasteiger partial charge in [0.05, 0.1) is 23.4 Å². The molecule has 1 aromatic heterocycles. The quantitative estimate of drug-likeness (QED) is 0.390. The molecule has 1 heterocycles. The normalized spacial score (nSPS) is 10.3. The summed E-state index contributed by atoms with van der Waals surface area (Å²) in [6, 6.07) is 19.3. The van der Waals surface area contributed by atoms with Crippen LogP contribution >= 0.6 is 0 Å². The maximum absolute atomic E-state index is 12.3. The van der Waals surface area contributed by atoms with E-state index in [9.17, 15) is 14.9 Å². The smallest absolute Gasteiger partial charge is 0.269 e. The van der Waals surface area contributed by atoms with Crippen LogP contribution in [0.1, 0.15) is 15.9 Å². The number of nitro groups is 1. The Kier molecular flexibility index (Phi) is 5.34. The van der Waals surface area contributed by atoms with Crippen LogP contribution in [0.25, 0.3) is 0 Å². The van der Waals surface area contributed by atoms with Gasteiger partial charge in [-0.1, -0.05) is 30.3 Å². The highest BCUT2D eigenvalue weighted by atomic mass is 16.6. The van der Waals surface area contributed by atoms with Crippen LogP contribution in [-0.4, -0.2) is 15.3 Å². The fraction of sp³-hybridized carbons (Fsp3) is 0.100. The van der Waals surface area contributed by atoms with Gasteiger partial charge >= 0.3 is 0 Å². The highest BCUT2D eigenvalue weighted by Crippen LogP contribution is 2.12. The van der Waals surface area contributed by atoms with Crippen molar-refractivity contribution in [3.63, 3.8) is 0 Å². The SMILES string of the molecule is O=C(Cn1ccc(=NCc2ccccc2)cc1)c1ccc([N+](=O)[O-])cc1. The van der Waals surface area contributed by atoms with E-state index in [1.54, 1.807) is 17.0 Å². The van der Waals surface area contributed by atoms with Gasteiger partial charge in [-0.3, -0.25) is 19.9 Å². The Balaban J connectivity index is 1.65. The second-order valence-corrected chi connectivity index (χ2v) is 5.76. The van der Waals surface area contributed by atoms with E-state index in [4.69, 9.17) is 0 Å². The molecule has 0 bridgehead atoms. The number of nitro benzene ring substituents is 1. The summed E-state index contributed by atoms with van der Waals surface area (Å²) in [5.41, 5.74) is 1.55. The number of hydrogen-bond donors (Lipinski definition) is 0. The van der Waals surface area contributed by atoms with E-state index in [1.807, 2.05) is 42.5 Å². The number of hydrogen-bond acceptors (Lipinski definition) is 4. The van der Waals surface area contributed by atoms with Crippen LogP contribution in [0.3, 0.4) is 0 Å². The highest BCUT2D eigenvalue weighted by molar-refractivity contribution is 5.96. The molecule has 0 N–H and O–H groups in total. The summed E-state index contributed by atoms with van der Waals surface area (Å²) in [5.74, 6) is -0.112. The first-order chi connectivity index (χ1) is 12.6. The van der Waals surface area contributed by atoms with E-state index in [0.29, 0.717) is 12.1 Å². The fourth-order valence-electron chi connectivity index (χ4n) is 2.45. The lowest BCUT2D eigenvalue weighted by Gasteiger charge is -2.05. The summed E-state index contributed by atoms with van der Waals surface area (Å²) in [7, 11) is 0. The van der Waals surface area contributed by atoms with Gasteiger partial charge in [0.15, 0.2) is 5.78 Å². The molecule has 0 aliphatic rings. The molecule has 130 valence electrons. The Bertz CT molecular complexity index is 957. The van der Waals surface area contributed by atoms with Crippen molar-refractivity contribution in [1.29, 1.82) is 0 Å². The largest absolute Gasteiger partial charge is 0.346 e.